The van der Waals surface area contributed by atoms with E-state index in [1.165, 1.54) is 96.3 Å². The van der Waals surface area contributed by atoms with Crippen molar-refractivity contribution in [3.63, 3.8) is 0 Å². The summed E-state index contributed by atoms with van der Waals surface area (Å²) >= 11 is 0. The van der Waals surface area contributed by atoms with Gasteiger partial charge in [-0.05, 0) is 68.1 Å². The van der Waals surface area contributed by atoms with Crippen LogP contribution in [0.15, 0.2) is 0 Å². The molecule has 3 rings (SSSR count). The SMILES string of the molecule is CC(CCCC1(C2CCCCC2)CCC(O)CC1)C1CCCCC1. The summed E-state index contributed by atoms with van der Waals surface area (Å²) in [6.07, 6.45) is 24.0. The molecular formula is C23H42O. The van der Waals surface area contributed by atoms with Crippen LogP contribution in [0.25, 0.3) is 0 Å². The Morgan fingerprint density at radius 1 is 0.833 bits per heavy atom. The van der Waals surface area contributed by atoms with Gasteiger partial charge in [0.1, 0.15) is 0 Å². The monoisotopic (exact) mass is 334 g/mol. The van der Waals surface area contributed by atoms with Crippen LogP contribution in [-0.4, -0.2) is 11.2 Å². The smallest absolute Gasteiger partial charge is 0.0540 e. The summed E-state index contributed by atoms with van der Waals surface area (Å²) < 4.78 is 0. The van der Waals surface area contributed by atoms with Crippen molar-refractivity contribution in [3.8, 4) is 0 Å². The van der Waals surface area contributed by atoms with Gasteiger partial charge in [-0.3, -0.25) is 0 Å². The van der Waals surface area contributed by atoms with Crippen LogP contribution in [0.5, 0.6) is 0 Å². The normalized spacial score (nSPS) is 35.0. The topological polar surface area (TPSA) is 20.2 Å². The Morgan fingerprint density at radius 2 is 1.42 bits per heavy atom. The number of rotatable bonds is 6. The molecule has 0 aliphatic heterocycles. The lowest BCUT2D eigenvalue weighted by Gasteiger charge is -2.47. The van der Waals surface area contributed by atoms with E-state index in [-0.39, 0.29) is 6.10 Å². The highest BCUT2D eigenvalue weighted by Gasteiger charge is 2.41. The molecule has 0 heterocycles. The summed E-state index contributed by atoms with van der Waals surface area (Å²) in [6, 6.07) is 0. The molecule has 1 N–H and O–H groups in total. The summed E-state index contributed by atoms with van der Waals surface area (Å²) in [6.45, 7) is 2.54. The Hall–Kier alpha value is -0.0400. The third-order valence-electron chi connectivity index (χ3n) is 8.21. The van der Waals surface area contributed by atoms with Gasteiger partial charge in [0.15, 0.2) is 0 Å². The minimum absolute atomic E-state index is 0.00266. The molecule has 0 amide bonds. The van der Waals surface area contributed by atoms with E-state index in [1.54, 1.807) is 0 Å². The summed E-state index contributed by atoms with van der Waals surface area (Å²) in [4.78, 5) is 0. The van der Waals surface area contributed by atoms with Gasteiger partial charge in [0.25, 0.3) is 0 Å². The second-order valence-electron chi connectivity index (χ2n) is 9.70. The fraction of sp³-hybridized carbons (Fsp3) is 1.00. The molecule has 1 nitrogen and oxygen atoms in total. The molecule has 0 saturated heterocycles. The lowest BCUT2D eigenvalue weighted by Crippen LogP contribution is -2.37. The second-order valence-corrected chi connectivity index (χ2v) is 9.70. The van der Waals surface area contributed by atoms with Gasteiger partial charge in [-0.2, -0.15) is 0 Å². The minimum atomic E-state index is 0.00266. The van der Waals surface area contributed by atoms with Crippen LogP contribution in [0.3, 0.4) is 0 Å². The molecule has 0 spiro atoms. The lowest BCUT2D eigenvalue weighted by atomic mass is 9.59. The zero-order valence-corrected chi connectivity index (χ0v) is 16.3. The summed E-state index contributed by atoms with van der Waals surface area (Å²) in [5.74, 6) is 2.95. The molecule has 140 valence electrons. The maximum atomic E-state index is 10.0. The highest BCUT2D eigenvalue weighted by Crippen LogP contribution is 2.51. The molecular weight excluding hydrogens is 292 g/mol. The fourth-order valence-corrected chi connectivity index (χ4v) is 6.47. The van der Waals surface area contributed by atoms with Crippen LogP contribution in [0.4, 0.5) is 0 Å². The lowest BCUT2D eigenvalue weighted by molar-refractivity contribution is 0.00208. The van der Waals surface area contributed by atoms with E-state index >= 15 is 0 Å². The van der Waals surface area contributed by atoms with E-state index in [0.29, 0.717) is 5.41 Å². The van der Waals surface area contributed by atoms with Gasteiger partial charge in [0, 0.05) is 0 Å². The molecule has 3 aliphatic carbocycles. The van der Waals surface area contributed by atoms with Crippen molar-refractivity contribution in [2.45, 2.75) is 122 Å². The molecule has 1 heteroatoms. The van der Waals surface area contributed by atoms with Crippen molar-refractivity contribution in [3.05, 3.63) is 0 Å². The standard InChI is InChI=1S/C23H42O/c1-19(20-10-4-2-5-11-20)9-8-16-23(17-14-22(24)15-18-23)21-12-6-3-7-13-21/h19-22,24H,2-18H2,1H3. The highest BCUT2D eigenvalue weighted by molar-refractivity contribution is 4.92. The number of aliphatic hydroxyl groups excluding tert-OH is 1. The fourth-order valence-electron chi connectivity index (χ4n) is 6.47. The molecule has 1 unspecified atom stereocenters. The van der Waals surface area contributed by atoms with Crippen LogP contribution in [0.2, 0.25) is 0 Å². The first-order valence-corrected chi connectivity index (χ1v) is 11.4. The zero-order valence-electron chi connectivity index (χ0n) is 16.3. The van der Waals surface area contributed by atoms with E-state index in [0.717, 1.165) is 30.6 Å². The van der Waals surface area contributed by atoms with E-state index < -0.39 is 0 Å². The number of hydrogen-bond acceptors (Lipinski definition) is 1. The van der Waals surface area contributed by atoms with Gasteiger partial charge in [0.2, 0.25) is 0 Å². The van der Waals surface area contributed by atoms with Gasteiger partial charge >= 0.3 is 0 Å². The number of aliphatic hydroxyl groups is 1. The van der Waals surface area contributed by atoms with E-state index in [9.17, 15) is 5.11 Å². The van der Waals surface area contributed by atoms with Crippen LogP contribution in [0.1, 0.15) is 116 Å². The molecule has 0 aromatic carbocycles. The Bertz CT molecular complexity index is 343. The summed E-state index contributed by atoms with van der Waals surface area (Å²) in [5.41, 5.74) is 0.603. The summed E-state index contributed by atoms with van der Waals surface area (Å²) in [7, 11) is 0. The molecule has 3 saturated carbocycles. The molecule has 0 aromatic rings. The Kier molecular flexibility index (Phi) is 7.07. The van der Waals surface area contributed by atoms with Gasteiger partial charge in [-0.25, -0.2) is 0 Å². The largest absolute Gasteiger partial charge is 0.393 e. The Balaban J connectivity index is 1.51. The molecule has 0 aromatic heterocycles. The first kappa shape index (κ1) is 18.7. The quantitative estimate of drug-likeness (QED) is 0.561. The Morgan fingerprint density at radius 3 is 2.04 bits per heavy atom. The van der Waals surface area contributed by atoms with Crippen molar-refractivity contribution in [1.29, 1.82) is 0 Å². The molecule has 0 radical (unpaired) electrons. The van der Waals surface area contributed by atoms with E-state index in [2.05, 4.69) is 6.92 Å². The third-order valence-corrected chi connectivity index (χ3v) is 8.21. The maximum Gasteiger partial charge on any atom is 0.0540 e. The first-order valence-electron chi connectivity index (χ1n) is 11.4. The van der Waals surface area contributed by atoms with Crippen molar-refractivity contribution < 1.29 is 5.11 Å². The first-order chi connectivity index (χ1) is 11.7. The van der Waals surface area contributed by atoms with Crippen molar-refractivity contribution >= 4 is 0 Å². The van der Waals surface area contributed by atoms with E-state index in [4.69, 9.17) is 0 Å². The average molecular weight is 335 g/mol. The third kappa shape index (κ3) is 4.77. The van der Waals surface area contributed by atoms with Crippen LogP contribution >= 0.6 is 0 Å². The zero-order chi connectivity index (χ0) is 16.8. The highest BCUT2D eigenvalue weighted by atomic mass is 16.3. The predicted molar refractivity (Wildman–Crippen MR) is 103 cm³/mol. The molecule has 0 bridgehead atoms. The van der Waals surface area contributed by atoms with Gasteiger partial charge < -0.3 is 5.11 Å². The summed E-state index contributed by atoms with van der Waals surface area (Å²) in [5, 5.41) is 10.0. The molecule has 24 heavy (non-hydrogen) atoms. The van der Waals surface area contributed by atoms with Crippen molar-refractivity contribution in [2.24, 2.45) is 23.2 Å². The van der Waals surface area contributed by atoms with Crippen LogP contribution < -0.4 is 0 Å². The maximum absolute atomic E-state index is 10.0. The molecule has 1 atom stereocenters. The average Bonchev–Trinajstić information content (AvgIpc) is 2.65. The van der Waals surface area contributed by atoms with Crippen LogP contribution in [-0.2, 0) is 0 Å². The van der Waals surface area contributed by atoms with Gasteiger partial charge in [-0.15, -0.1) is 0 Å². The molecule has 3 aliphatic rings. The van der Waals surface area contributed by atoms with Crippen molar-refractivity contribution in [2.75, 3.05) is 0 Å². The number of hydrogen-bond donors (Lipinski definition) is 1. The molecule has 3 fully saturated rings. The van der Waals surface area contributed by atoms with Gasteiger partial charge in [0.05, 0.1) is 6.10 Å². The Labute approximate surface area is 151 Å². The second kappa shape index (κ2) is 9.06. The van der Waals surface area contributed by atoms with E-state index in [1.807, 2.05) is 0 Å². The minimum Gasteiger partial charge on any atom is -0.393 e. The van der Waals surface area contributed by atoms with Gasteiger partial charge in [-0.1, -0.05) is 71.1 Å². The predicted octanol–water partition coefficient (Wildman–Crippen LogP) is 6.87. The van der Waals surface area contributed by atoms with Crippen molar-refractivity contribution in [1.82, 2.24) is 0 Å². The van der Waals surface area contributed by atoms with Crippen LogP contribution in [0, 0.1) is 23.2 Å².